The maximum atomic E-state index is 13.3. The third-order valence-corrected chi connectivity index (χ3v) is 9.10. The van der Waals surface area contributed by atoms with Gasteiger partial charge in [0.2, 0.25) is 15.9 Å². The number of aromatic nitrogens is 2. The fourth-order valence-corrected chi connectivity index (χ4v) is 6.98. The van der Waals surface area contributed by atoms with E-state index in [1.54, 1.807) is 30.5 Å². The zero-order valence-corrected chi connectivity index (χ0v) is 19.7. The minimum atomic E-state index is -3.68. The summed E-state index contributed by atoms with van der Waals surface area (Å²) in [5.74, 6) is -0.0944. The van der Waals surface area contributed by atoms with Gasteiger partial charge in [-0.1, -0.05) is 19.1 Å². The van der Waals surface area contributed by atoms with Crippen LogP contribution in [0.1, 0.15) is 24.7 Å². The van der Waals surface area contributed by atoms with Crippen LogP contribution >= 0.6 is 11.8 Å². The maximum Gasteiger partial charge on any atom is 0.248 e. The summed E-state index contributed by atoms with van der Waals surface area (Å²) in [6, 6.07) is 7.93. The lowest BCUT2D eigenvalue weighted by atomic mass is 10.2. The molecule has 2 aromatic rings. The Morgan fingerprint density at radius 1 is 1.19 bits per heavy atom. The van der Waals surface area contributed by atoms with E-state index >= 15 is 0 Å². The highest BCUT2D eigenvalue weighted by Gasteiger charge is 2.33. The summed E-state index contributed by atoms with van der Waals surface area (Å²) in [5, 5.41) is 4.84. The minimum Gasteiger partial charge on any atom is -0.379 e. The first-order chi connectivity index (χ1) is 14.8. The van der Waals surface area contributed by atoms with Crippen LogP contribution < -0.4 is 4.90 Å². The van der Waals surface area contributed by atoms with Crippen LogP contribution in [0.3, 0.4) is 0 Å². The maximum absolute atomic E-state index is 13.3. The van der Waals surface area contributed by atoms with Crippen LogP contribution in [-0.4, -0.2) is 66.5 Å². The van der Waals surface area contributed by atoms with E-state index in [0.717, 1.165) is 17.0 Å². The standard InChI is InChI=1S/C21H28N4O4S2/c1-15-8-9-24(18-6-4-5-7-19(18)30-15)20(26)14-25-17(3)21(16(2)22-25)31(27,28)23-10-12-29-13-11-23/h4-7,15H,8-14H2,1-3H3/t15-/m0/s1. The van der Waals surface area contributed by atoms with Crippen molar-refractivity contribution in [3.63, 3.8) is 0 Å². The Morgan fingerprint density at radius 2 is 1.90 bits per heavy atom. The van der Waals surface area contributed by atoms with E-state index in [4.69, 9.17) is 4.74 Å². The van der Waals surface area contributed by atoms with Crippen molar-refractivity contribution in [2.45, 2.75) is 48.8 Å². The Balaban J connectivity index is 1.61. The number of anilines is 1. The Kier molecular flexibility index (Phi) is 6.43. The average molecular weight is 465 g/mol. The predicted octanol–water partition coefficient (Wildman–Crippen LogP) is 2.44. The number of hydrogen-bond donors (Lipinski definition) is 0. The lowest BCUT2D eigenvalue weighted by Crippen LogP contribution is -2.41. The minimum absolute atomic E-state index is 0.00130. The molecule has 0 radical (unpaired) electrons. The molecule has 31 heavy (non-hydrogen) atoms. The number of rotatable bonds is 4. The lowest BCUT2D eigenvalue weighted by Gasteiger charge is -2.26. The molecule has 1 atom stereocenters. The monoisotopic (exact) mass is 464 g/mol. The van der Waals surface area contributed by atoms with E-state index in [-0.39, 0.29) is 17.3 Å². The van der Waals surface area contributed by atoms with Crippen molar-refractivity contribution < 1.29 is 17.9 Å². The number of benzene rings is 1. The third-order valence-electron chi connectivity index (χ3n) is 5.71. The molecule has 168 valence electrons. The van der Waals surface area contributed by atoms with Gasteiger partial charge in [-0.05, 0) is 32.4 Å². The number of para-hydroxylation sites is 1. The van der Waals surface area contributed by atoms with Gasteiger partial charge in [0.15, 0.2) is 0 Å². The number of fused-ring (bicyclic) bond motifs is 1. The molecule has 0 N–H and O–H groups in total. The zero-order valence-electron chi connectivity index (χ0n) is 18.1. The van der Waals surface area contributed by atoms with Crippen molar-refractivity contribution in [1.82, 2.24) is 14.1 Å². The van der Waals surface area contributed by atoms with E-state index in [2.05, 4.69) is 12.0 Å². The second kappa shape index (κ2) is 8.93. The second-order valence-electron chi connectivity index (χ2n) is 7.90. The van der Waals surface area contributed by atoms with E-state index in [1.165, 1.54) is 8.99 Å². The van der Waals surface area contributed by atoms with Gasteiger partial charge in [-0.15, -0.1) is 11.8 Å². The van der Waals surface area contributed by atoms with Crippen molar-refractivity contribution in [3.05, 3.63) is 35.7 Å². The molecular formula is C21H28N4O4S2. The molecule has 2 aliphatic heterocycles. The van der Waals surface area contributed by atoms with Crippen molar-refractivity contribution in [2.24, 2.45) is 0 Å². The summed E-state index contributed by atoms with van der Waals surface area (Å²) in [6.07, 6.45) is 0.888. The second-order valence-corrected chi connectivity index (χ2v) is 11.3. The molecule has 1 saturated heterocycles. The number of thioether (sulfide) groups is 1. The highest BCUT2D eigenvalue weighted by Crippen LogP contribution is 2.37. The number of morpholine rings is 1. The molecule has 3 heterocycles. The van der Waals surface area contributed by atoms with E-state index in [1.807, 2.05) is 24.3 Å². The van der Waals surface area contributed by atoms with Crippen LogP contribution in [0.4, 0.5) is 5.69 Å². The Morgan fingerprint density at radius 3 is 2.65 bits per heavy atom. The summed E-state index contributed by atoms with van der Waals surface area (Å²) >= 11 is 1.78. The van der Waals surface area contributed by atoms with Crippen LogP contribution in [0.2, 0.25) is 0 Å². The van der Waals surface area contributed by atoms with Gasteiger partial charge in [0.25, 0.3) is 0 Å². The van der Waals surface area contributed by atoms with Crippen molar-refractivity contribution in [2.75, 3.05) is 37.7 Å². The smallest absolute Gasteiger partial charge is 0.248 e. The molecule has 1 aromatic carbocycles. The van der Waals surface area contributed by atoms with Crippen LogP contribution in [0.25, 0.3) is 0 Å². The van der Waals surface area contributed by atoms with Gasteiger partial charge in [0, 0.05) is 29.8 Å². The molecule has 0 aliphatic carbocycles. The van der Waals surface area contributed by atoms with Crippen LogP contribution in [0.5, 0.6) is 0 Å². The van der Waals surface area contributed by atoms with Crippen LogP contribution in [0.15, 0.2) is 34.1 Å². The third kappa shape index (κ3) is 4.39. The molecule has 0 saturated carbocycles. The molecule has 4 rings (SSSR count). The summed E-state index contributed by atoms with van der Waals surface area (Å²) < 4.78 is 34.6. The van der Waals surface area contributed by atoms with Gasteiger partial charge in [0.05, 0.1) is 30.3 Å². The molecule has 1 fully saturated rings. The van der Waals surface area contributed by atoms with Gasteiger partial charge in [-0.2, -0.15) is 9.40 Å². The number of hydrogen-bond acceptors (Lipinski definition) is 6. The zero-order chi connectivity index (χ0) is 22.2. The first kappa shape index (κ1) is 22.3. The van der Waals surface area contributed by atoms with Gasteiger partial charge < -0.3 is 9.64 Å². The lowest BCUT2D eigenvalue weighted by molar-refractivity contribution is -0.119. The summed E-state index contributed by atoms with van der Waals surface area (Å²) in [4.78, 5) is 16.4. The largest absolute Gasteiger partial charge is 0.379 e. The first-order valence-electron chi connectivity index (χ1n) is 10.5. The Labute approximate surface area is 187 Å². The number of carbonyl (C=O) groups is 1. The number of nitrogens with zero attached hydrogens (tertiary/aromatic N) is 4. The SMILES string of the molecule is Cc1nn(CC(=O)N2CC[C@H](C)Sc3ccccc32)c(C)c1S(=O)(=O)N1CCOCC1. The van der Waals surface area contributed by atoms with Crippen LogP contribution in [-0.2, 0) is 26.1 Å². The number of sulfonamides is 1. The number of carbonyl (C=O) groups excluding carboxylic acids is 1. The average Bonchev–Trinajstić information content (AvgIpc) is 2.92. The molecule has 2 aliphatic rings. The van der Waals surface area contributed by atoms with E-state index < -0.39 is 10.0 Å². The summed E-state index contributed by atoms with van der Waals surface area (Å²) in [6.45, 7) is 7.61. The summed E-state index contributed by atoms with van der Waals surface area (Å²) in [5.41, 5.74) is 1.81. The predicted molar refractivity (Wildman–Crippen MR) is 120 cm³/mol. The number of amides is 1. The highest BCUT2D eigenvalue weighted by atomic mass is 32.2. The summed E-state index contributed by atoms with van der Waals surface area (Å²) in [7, 11) is -3.68. The van der Waals surface area contributed by atoms with Gasteiger partial charge >= 0.3 is 0 Å². The molecule has 0 unspecified atom stereocenters. The van der Waals surface area contributed by atoms with E-state index in [0.29, 0.717) is 49.5 Å². The van der Waals surface area contributed by atoms with E-state index in [9.17, 15) is 13.2 Å². The molecule has 0 bridgehead atoms. The van der Waals surface area contributed by atoms with Crippen LogP contribution in [0, 0.1) is 13.8 Å². The molecule has 1 aromatic heterocycles. The fraction of sp³-hybridized carbons (Fsp3) is 0.524. The molecule has 0 spiro atoms. The molecule has 1 amide bonds. The topological polar surface area (TPSA) is 84.7 Å². The van der Waals surface area contributed by atoms with Gasteiger partial charge in [0.1, 0.15) is 11.4 Å². The van der Waals surface area contributed by atoms with Gasteiger partial charge in [-0.3, -0.25) is 9.48 Å². The van der Waals surface area contributed by atoms with Crippen molar-refractivity contribution in [3.8, 4) is 0 Å². The van der Waals surface area contributed by atoms with Gasteiger partial charge in [-0.25, -0.2) is 8.42 Å². The highest BCUT2D eigenvalue weighted by molar-refractivity contribution is 8.00. The Bertz CT molecular complexity index is 1080. The normalized spacial score (nSPS) is 20.4. The fourth-order valence-electron chi connectivity index (χ4n) is 4.08. The molecule has 8 nitrogen and oxygen atoms in total. The number of ether oxygens (including phenoxy) is 1. The number of aryl methyl sites for hydroxylation is 1. The van der Waals surface area contributed by atoms with Crippen molar-refractivity contribution in [1.29, 1.82) is 0 Å². The molecular weight excluding hydrogens is 436 g/mol. The Hall–Kier alpha value is -1.88. The molecule has 10 heteroatoms. The first-order valence-corrected chi connectivity index (χ1v) is 12.8. The van der Waals surface area contributed by atoms with Crippen molar-refractivity contribution >= 4 is 33.4 Å². The quantitative estimate of drug-likeness (QED) is 0.691.